The molecule has 0 aliphatic carbocycles. The van der Waals surface area contributed by atoms with Crippen molar-refractivity contribution >= 4 is 5.69 Å². The third kappa shape index (κ3) is 1.52. The van der Waals surface area contributed by atoms with Crippen molar-refractivity contribution in [3.05, 3.63) is 35.0 Å². The van der Waals surface area contributed by atoms with Gasteiger partial charge in [0.1, 0.15) is 0 Å². The van der Waals surface area contributed by atoms with E-state index in [2.05, 4.69) is 4.84 Å². The lowest BCUT2D eigenvalue weighted by molar-refractivity contribution is -0.737. The minimum atomic E-state index is -0.593. The molecule has 3 nitrogen and oxygen atoms in total. The molecule has 0 unspecified atom stereocenters. The summed E-state index contributed by atoms with van der Waals surface area (Å²) in [6, 6.07) is 5.59. The van der Waals surface area contributed by atoms with Crippen molar-refractivity contribution in [1.29, 1.82) is 0 Å². The Balaban J connectivity index is 3.03. The molecule has 0 aliphatic rings. The molecule has 58 valence electrons. The lowest BCUT2D eigenvalue weighted by Crippen LogP contribution is -1.99. The molecule has 11 heavy (non-hydrogen) atoms. The molecule has 0 saturated heterocycles. The second-order valence-electron chi connectivity index (χ2n) is 1.89. The van der Waals surface area contributed by atoms with Gasteiger partial charge >= 0.3 is 5.69 Å². The molecule has 0 spiro atoms. The first-order chi connectivity index (χ1) is 5.25. The topological polar surface area (TPSA) is 29.3 Å². The van der Waals surface area contributed by atoms with E-state index in [1.165, 1.54) is 25.3 Å². The second kappa shape index (κ2) is 3.09. The van der Waals surface area contributed by atoms with Gasteiger partial charge in [0.05, 0.1) is 4.91 Å². The summed E-state index contributed by atoms with van der Waals surface area (Å²) in [6.45, 7) is 0. The Morgan fingerprint density at radius 1 is 1.45 bits per heavy atom. The maximum atomic E-state index is 12.7. The van der Waals surface area contributed by atoms with Crippen molar-refractivity contribution in [3.63, 3.8) is 0 Å². The number of hydrogen-bond donors (Lipinski definition) is 0. The van der Waals surface area contributed by atoms with Crippen LogP contribution in [-0.2, 0) is 4.84 Å². The number of benzene rings is 1. The van der Waals surface area contributed by atoms with Crippen LogP contribution in [0.15, 0.2) is 24.3 Å². The molecule has 0 aromatic heterocycles. The molecule has 0 radical (unpaired) electrons. The SMILES string of the molecule is CO[N+](=O)c1ccccc1F. The summed E-state index contributed by atoms with van der Waals surface area (Å²) in [6.07, 6.45) is 0. The van der Waals surface area contributed by atoms with Gasteiger partial charge in [-0.3, -0.25) is 0 Å². The van der Waals surface area contributed by atoms with Crippen LogP contribution < -0.4 is 0 Å². The Hall–Kier alpha value is -1.45. The van der Waals surface area contributed by atoms with E-state index < -0.39 is 5.82 Å². The van der Waals surface area contributed by atoms with Gasteiger partial charge < -0.3 is 0 Å². The van der Waals surface area contributed by atoms with Crippen molar-refractivity contribution in [2.45, 2.75) is 0 Å². The van der Waals surface area contributed by atoms with Crippen LogP contribution in [0, 0.1) is 10.7 Å². The van der Waals surface area contributed by atoms with Gasteiger partial charge in [-0.15, -0.1) is 0 Å². The monoisotopic (exact) mass is 156 g/mol. The van der Waals surface area contributed by atoms with E-state index >= 15 is 0 Å². The molecule has 4 heteroatoms. The van der Waals surface area contributed by atoms with Crippen molar-refractivity contribution in [1.82, 2.24) is 0 Å². The van der Waals surface area contributed by atoms with Gasteiger partial charge in [0.25, 0.3) is 4.92 Å². The maximum absolute atomic E-state index is 12.7. The average molecular weight is 156 g/mol. The van der Waals surface area contributed by atoms with Crippen molar-refractivity contribution in [2.24, 2.45) is 0 Å². The highest BCUT2D eigenvalue weighted by Gasteiger charge is 2.18. The summed E-state index contributed by atoms with van der Waals surface area (Å²) in [4.78, 5) is 15.1. The van der Waals surface area contributed by atoms with E-state index in [9.17, 15) is 9.30 Å². The van der Waals surface area contributed by atoms with Gasteiger partial charge in [0.15, 0.2) is 7.11 Å². The summed E-state index contributed by atoms with van der Waals surface area (Å²) in [5.74, 6) is -0.593. The molecule has 1 aromatic rings. The van der Waals surface area contributed by atoms with E-state index in [1.807, 2.05) is 0 Å². The van der Waals surface area contributed by atoms with E-state index in [4.69, 9.17) is 0 Å². The number of halogens is 1. The summed E-state index contributed by atoms with van der Waals surface area (Å²) in [7, 11) is 1.18. The minimum absolute atomic E-state index is 0.116. The standard InChI is InChI=1S/C7H7FNO2/c1-11-9(10)7-5-3-2-4-6(7)8/h2-5H,1H3/q+1. The van der Waals surface area contributed by atoms with Crippen molar-refractivity contribution < 1.29 is 14.2 Å². The Kier molecular flexibility index (Phi) is 2.15. The lowest BCUT2D eigenvalue weighted by atomic mass is 10.3. The average Bonchev–Trinajstić information content (AvgIpc) is 2.04. The smallest absolute Gasteiger partial charge is 0.230 e. The molecule has 1 rings (SSSR count). The van der Waals surface area contributed by atoms with Crippen LogP contribution in [0.5, 0.6) is 0 Å². The number of hydrogen-bond acceptors (Lipinski definition) is 2. The fourth-order valence-corrected chi connectivity index (χ4v) is 0.698. The van der Waals surface area contributed by atoms with Gasteiger partial charge in [-0.2, -0.15) is 4.39 Å². The molecule has 0 saturated carbocycles. The molecule has 0 fully saturated rings. The van der Waals surface area contributed by atoms with Crippen LogP contribution >= 0.6 is 0 Å². The third-order valence-corrected chi connectivity index (χ3v) is 1.21. The molecular formula is C7H7FNO2+. The van der Waals surface area contributed by atoms with Gasteiger partial charge in [0.2, 0.25) is 5.82 Å². The maximum Gasteiger partial charge on any atom is 0.352 e. The van der Waals surface area contributed by atoms with E-state index in [1.54, 1.807) is 6.07 Å². The number of rotatable bonds is 2. The lowest BCUT2D eigenvalue weighted by Gasteiger charge is -1.88. The quantitative estimate of drug-likeness (QED) is 0.611. The first-order valence-electron chi connectivity index (χ1n) is 3.01. The van der Waals surface area contributed by atoms with Crippen molar-refractivity contribution in [2.75, 3.05) is 7.11 Å². The van der Waals surface area contributed by atoms with Crippen LogP contribution in [0.3, 0.4) is 0 Å². The van der Waals surface area contributed by atoms with Crippen LogP contribution in [0.2, 0.25) is 0 Å². The Bertz CT molecular complexity index is 275. The molecule has 0 bridgehead atoms. The molecule has 0 N–H and O–H groups in total. The zero-order valence-electron chi connectivity index (χ0n) is 5.95. The fourth-order valence-electron chi connectivity index (χ4n) is 0.698. The highest BCUT2D eigenvalue weighted by atomic mass is 19.1. The Morgan fingerprint density at radius 2 is 2.09 bits per heavy atom. The predicted molar refractivity (Wildman–Crippen MR) is 36.7 cm³/mol. The third-order valence-electron chi connectivity index (χ3n) is 1.21. The number of nitrogens with zero attached hydrogens (tertiary/aromatic N) is 1. The number of para-hydroxylation sites is 1. The normalized spacial score (nSPS) is 9.27. The second-order valence-corrected chi connectivity index (χ2v) is 1.89. The highest BCUT2D eigenvalue weighted by molar-refractivity contribution is 5.29. The largest absolute Gasteiger partial charge is 0.352 e. The summed E-state index contributed by atoms with van der Waals surface area (Å²) in [5, 5.41) is 0. The van der Waals surface area contributed by atoms with Gasteiger partial charge in [-0.1, -0.05) is 12.1 Å². The summed E-state index contributed by atoms with van der Waals surface area (Å²) >= 11 is 0. The molecule has 0 atom stereocenters. The molecule has 1 aromatic carbocycles. The Labute approximate surface area is 62.9 Å². The van der Waals surface area contributed by atoms with E-state index in [0.29, 0.717) is 0 Å². The van der Waals surface area contributed by atoms with Crippen LogP contribution in [-0.4, -0.2) is 12.0 Å². The molecule has 0 heterocycles. The molecule has 0 amide bonds. The summed E-state index contributed by atoms with van der Waals surface area (Å²) < 4.78 is 12.7. The van der Waals surface area contributed by atoms with Crippen molar-refractivity contribution in [3.8, 4) is 0 Å². The van der Waals surface area contributed by atoms with Gasteiger partial charge in [-0.05, 0) is 6.07 Å². The van der Waals surface area contributed by atoms with Crippen LogP contribution in [0.1, 0.15) is 0 Å². The zero-order valence-corrected chi connectivity index (χ0v) is 5.95. The highest BCUT2D eigenvalue weighted by Crippen LogP contribution is 2.15. The van der Waals surface area contributed by atoms with Crippen LogP contribution in [0.25, 0.3) is 0 Å². The van der Waals surface area contributed by atoms with E-state index in [-0.39, 0.29) is 10.6 Å². The first-order valence-corrected chi connectivity index (χ1v) is 3.01. The minimum Gasteiger partial charge on any atom is -0.230 e. The zero-order chi connectivity index (χ0) is 8.27. The van der Waals surface area contributed by atoms with E-state index in [0.717, 1.165) is 0 Å². The van der Waals surface area contributed by atoms with Gasteiger partial charge in [-0.25, -0.2) is 4.84 Å². The first kappa shape index (κ1) is 7.65. The predicted octanol–water partition coefficient (Wildman–Crippen LogP) is 1.80. The van der Waals surface area contributed by atoms with Crippen LogP contribution in [0.4, 0.5) is 10.1 Å². The van der Waals surface area contributed by atoms with Gasteiger partial charge in [0, 0.05) is 6.07 Å². The molecular weight excluding hydrogens is 149 g/mol. The Morgan fingerprint density at radius 3 is 2.64 bits per heavy atom. The molecule has 0 aliphatic heterocycles. The fraction of sp³-hybridized carbons (Fsp3) is 0.143. The summed E-state index contributed by atoms with van der Waals surface area (Å²) in [5.41, 5.74) is -0.116.